The van der Waals surface area contributed by atoms with Crippen molar-refractivity contribution >= 4 is 11.6 Å². The zero-order valence-electron chi connectivity index (χ0n) is 12.1. The lowest BCUT2D eigenvalue weighted by atomic mass is 10.00. The van der Waals surface area contributed by atoms with Crippen LogP contribution in [0, 0.1) is 11.6 Å². The summed E-state index contributed by atoms with van der Waals surface area (Å²) in [6, 6.07) is 8.55. The van der Waals surface area contributed by atoms with E-state index in [0.717, 1.165) is 30.5 Å². The Kier molecular flexibility index (Phi) is 3.79. The number of halogens is 2. The highest BCUT2D eigenvalue weighted by Gasteiger charge is 2.28. The van der Waals surface area contributed by atoms with E-state index in [1.54, 1.807) is 6.07 Å². The van der Waals surface area contributed by atoms with E-state index >= 15 is 0 Å². The van der Waals surface area contributed by atoms with Crippen LogP contribution in [0.1, 0.15) is 22.3 Å². The van der Waals surface area contributed by atoms with Gasteiger partial charge in [-0.2, -0.15) is 0 Å². The first kappa shape index (κ1) is 14.5. The number of aryl methyl sites for hydroxylation is 1. The minimum atomic E-state index is -0.855. The zero-order chi connectivity index (χ0) is 15.7. The molecule has 22 heavy (non-hydrogen) atoms. The number of para-hydroxylation sites is 1. The molecule has 114 valence electrons. The van der Waals surface area contributed by atoms with E-state index in [-0.39, 0.29) is 5.56 Å². The molecule has 0 spiro atoms. The normalized spacial score (nSPS) is 13.7. The zero-order valence-corrected chi connectivity index (χ0v) is 12.1. The topological polar surface area (TPSA) is 29.5 Å². The Balaban J connectivity index is 2.05. The van der Waals surface area contributed by atoms with E-state index < -0.39 is 17.5 Å². The lowest BCUT2D eigenvalue weighted by Gasteiger charge is -2.31. The first-order valence-electron chi connectivity index (χ1n) is 7.04. The molecule has 0 unspecified atom stereocenters. The van der Waals surface area contributed by atoms with Crippen LogP contribution in [0.2, 0.25) is 0 Å². The van der Waals surface area contributed by atoms with Gasteiger partial charge in [-0.25, -0.2) is 8.78 Å². The Labute approximate surface area is 127 Å². The molecule has 0 atom stereocenters. The molecule has 0 saturated heterocycles. The molecule has 0 aromatic heterocycles. The van der Waals surface area contributed by atoms with Crippen molar-refractivity contribution in [1.82, 2.24) is 0 Å². The van der Waals surface area contributed by atoms with Crippen molar-refractivity contribution in [3.8, 4) is 5.75 Å². The predicted molar refractivity (Wildman–Crippen MR) is 79.3 cm³/mol. The highest BCUT2D eigenvalue weighted by Crippen LogP contribution is 2.37. The Bertz CT molecular complexity index is 716. The average molecular weight is 303 g/mol. The van der Waals surface area contributed by atoms with E-state index in [9.17, 15) is 13.6 Å². The minimum absolute atomic E-state index is 0.139. The Morgan fingerprint density at radius 2 is 2.05 bits per heavy atom. The smallest absolute Gasteiger partial charge is 0.261 e. The van der Waals surface area contributed by atoms with Gasteiger partial charge in [0.25, 0.3) is 5.91 Å². The van der Waals surface area contributed by atoms with Crippen LogP contribution in [0.25, 0.3) is 0 Å². The van der Waals surface area contributed by atoms with Crippen LogP contribution >= 0.6 is 0 Å². The van der Waals surface area contributed by atoms with Crippen molar-refractivity contribution in [1.29, 1.82) is 0 Å². The van der Waals surface area contributed by atoms with Gasteiger partial charge in [0, 0.05) is 12.6 Å². The highest BCUT2D eigenvalue weighted by molar-refractivity contribution is 6.07. The maximum atomic E-state index is 13.9. The fraction of sp³-hybridized carbons (Fsp3) is 0.235. The largest absolute Gasteiger partial charge is 0.495 e. The third kappa shape index (κ3) is 2.43. The van der Waals surface area contributed by atoms with Crippen LogP contribution in [-0.4, -0.2) is 19.6 Å². The molecule has 3 rings (SSSR count). The number of anilines is 1. The standard InChI is InChI=1S/C17H15F2NO2/c1-22-15-6-2-4-11-5-3-9-20(16(11)15)17(21)13-8-7-12(18)10-14(13)19/h2,4,6-8,10H,3,5,9H2,1H3. The fourth-order valence-corrected chi connectivity index (χ4v) is 2.79. The molecule has 0 N–H and O–H groups in total. The van der Waals surface area contributed by atoms with Gasteiger partial charge >= 0.3 is 0 Å². The number of hydrogen-bond donors (Lipinski definition) is 0. The summed E-state index contributed by atoms with van der Waals surface area (Å²) in [5.41, 5.74) is 1.52. The Hall–Kier alpha value is -2.43. The molecule has 0 radical (unpaired) electrons. The van der Waals surface area contributed by atoms with E-state index in [2.05, 4.69) is 0 Å². The second kappa shape index (κ2) is 5.75. The molecule has 1 aliphatic heterocycles. The van der Waals surface area contributed by atoms with E-state index in [1.807, 2.05) is 12.1 Å². The summed E-state index contributed by atoms with van der Waals surface area (Å²) in [6.45, 7) is 0.475. The van der Waals surface area contributed by atoms with Gasteiger partial charge in [0.05, 0.1) is 18.4 Å². The molecule has 3 nitrogen and oxygen atoms in total. The van der Waals surface area contributed by atoms with Gasteiger partial charge in [0.1, 0.15) is 17.4 Å². The van der Waals surface area contributed by atoms with Crippen LogP contribution in [0.3, 0.4) is 0 Å². The molecule has 1 aliphatic rings. The van der Waals surface area contributed by atoms with Crippen molar-refractivity contribution in [2.75, 3.05) is 18.6 Å². The maximum absolute atomic E-state index is 13.9. The molecule has 0 aliphatic carbocycles. The number of carbonyl (C=O) groups excluding carboxylic acids is 1. The number of amides is 1. The van der Waals surface area contributed by atoms with Gasteiger partial charge in [-0.05, 0) is 36.6 Å². The molecule has 2 aromatic rings. The number of fused-ring (bicyclic) bond motifs is 1. The summed E-state index contributed by atoms with van der Waals surface area (Å²) < 4.78 is 32.3. The molecule has 1 amide bonds. The first-order valence-corrected chi connectivity index (χ1v) is 7.04. The molecule has 2 aromatic carbocycles. The van der Waals surface area contributed by atoms with Crippen LogP contribution in [0.5, 0.6) is 5.75 Å². The van der Waals surface area contributed by atoms with E-state index in [0.29, 0.717) is 18.0 Å². The summed E-state index contributed by atoms with van der Waals surface area (Å²) in [4.78, 5) is 14.2. The molecule has 0 bridgehead atoms. The maximum Gasteiger partial charge on any atom is 0.261 e. The summed E-state index contributed by atoms with van der Waals surface area (Å²) in [6.07, 6.45) is 1.62. The van der Waals surface area contributed by atoms with Crippen LogP contribution in [0.15, 0.2) is 36.4 Å². The molecule has 5 heteroatoms. The summed E-state index contributed by atoms with van der Waals surface area (Å²) in [7, 11) is 1.53. The highest BCUT2D eigenvalue weighted by atomic mass is 19.1. The Morgan fingerprint density at radius 1 is 1.23 bits per heavy atom. The van der Waals surface area contributed by atoms with Crippen LogP contribution in [0.4, 0.5) is 14.5 Å². The lowest BCUT2D eigenvalue weighted by molar-refractivity contribution is 0.0980. The minimum Gasteiger partial charge on any atom is -0.495 e. The van der Waals surface area contributed by atoms with Crippen molar-refractivity contribution in [2.45, 2.75) is 12.8 Å². The monoisotopic (exact) mass is 303 g/mol. The molecule has 1 heterocycles. The number of ether oxygens (including phenoxy) is 1. The summed E-state index contributed by atoms with van der Waals surface area (Å²) >= 11 is 0. The van der Waals surface area contributed by atoms with Gasteiger partial charge in [-0.3, -0.25) is 4.79 Å². The van der Waals surface area contributed by atoms with Gasteiger partial charge in [-0.1, -0.05) is 12.1 Å². The molecule has 0 fully saturated rings. The van der Waals surface area contributed by atoms with Gasteiger partial charge in [0.15, 0.2) is 0 Å². The third-order valence-corrected chi connectivity index (χ3v) is 3.81. The number of carbonyl (C=O) groups is 1. The van der Waals surface area contributed by atoms with Crippen molar-refractivity contribution in [3.05, 3.63) is 59.2 Å². The predicted octanol–water partition coefficient (Wildman–Crippen LogP) is 3.57. The van der Waals surface area contributed by atoms with Crippen molar-refractivity contribution in [3.63, 3.8) is 0 Å². The lowest BCUT2D eigenvalue weighted by Crippen LogP contribution is -2.36. The first-order chi connectivity index (χ1) is 10.6. The van der Waals surface area contributed by atoms with Gasteiger partial charge in [0.2, 0.25) is 0 Å². The summed E-state index contributed by atoms with van der Waals surface area (Å²) in [5.74, 6) is -1.46. The molecular weight excluding hydrogens is 288 g/mol. The summed E-state index contributed by atoms with van der Waals surface area (Å²) in [5, 5.41) is 0. The van der Waals surface area contributed by atoms with Crippen LogP contribution in [-0.2, 0) is 6.42 Å². The van der Waals surface area contributed by atoms with Crippen molar-refractivity contribution < 1.29 is 18.3 Å². The number of hydrogen-bond acceptors (Lipinski definition) is 2. The quantitative estimate of drug-likeness (QED) is 0.849. The number of nitrogens with zero attached hydrogens (tertiary/aromatic N) is 1. The van der Waals surface area contributed by atoms with Crippen LogP contribution < -0.4 is 9.64 Å². The van der Waals surface area contributed by atoms with E-state index in [1.165, 1.54) is 18.1 Å². The van der Waals surface area contributed by atoms with Gasteiger partial charge in [-0.15, -0.1) is 0 Å². The second-order valence-corrected chi connectivity index (χ2v) is 5.15. The third-order valence-electron chi connectivity index (χ3n) is 3.81. The number of methoxy groups -OCH3 is 1. The Morgan fingerprint density at radius 3 is 2.77 bits per heavy atom. The van der Waals surface area contributed by atoms with Crippen molar-refractivity contribution in [2.24, 2.45) is 0 Å². The number of rotatable bonds is 2. The average Bonchev–Trinajstić information content (AvgIpc) is 2.53. The number of benzene rings is 2. The SMILES string of the molecule is COc1cccc2c1N(C(=O)c1ccc(F)cc1F)CCC2. The second-order valence-electron chi connectivity index (χ2n) is 5.15. The van der Waals surface area contributed by atoms with E-state index in [4.69, 9.17) is 4.74 Å². The fourth-order valence-electron chi connectivity index (χ4n) is 2.79. The molecular formula is C17H15F2NO2. The molecule has 0 saturated carbocycles. The van der Waals surface area contributed by atoms with Gasteiger partial charge < -0.3 is 9.64 Å².